The van der Waals surface area contributed by atoms with E-state index in [-0.39, 0.29) is 5.41 Å². The maximum atomic E-state index is 13.8. The van der Waals surface area contributed by atoms with Gasteiger partial charge in [0.15, 0.2) is 0 Å². The lowest BCUT2D eigenvalue weighted by Crippen LogP contribution is -2.50. The van der Waals surface area contributed by atoms with Crippen molar-refractivity contribution in [1.29, 1.82) is 0 Å². The topological polar surface area (TPSA) is 56.8 Å². The number of hydrogen-bond acceptors (Lipinski definition) is 7. The molecule has 40 heavy (non-hydrogen) atoms. The molecule has 0 bridgehead atoms. The third-order valence-corrected chi connectivity index (χ3v) is 9.76. The molecule has 1 saturated carbocycles. The molecular weight excluding hydrogens is 571 g/mol. The number of piperazine rings is 1. The molecular formula is C31H38BrFN6O. The first-order chi connectivity index (χ1) is 19.5. The average molecular weight is 610 g/mol. The molecule has 2 saturated heterocycles. The van der Waals surface area contributed by atoms with Gasteiger partial charge in [-0.1, -0.05) is 40.2 Å². The predicted molar refractivity (Wildman–Crippen MR) is 161 cm³/mol. The van der Waals surface area contributed by atoms with Crippen LogP contribution in [0.3, 0.4) is 0 Å². The fraction of sp³-hybridized carbons (Fsp3) is 0.548. The van der Waals surface area contributed by atoms with Gasteiger partial charge in [-0.25, -0.2) is 4.39 Å². The lowest BCUT2D eigenvalue weighted by molar-refractivity contribution is 0.164. The predicted octanol–water partition coefficient (Wildman–Crippen LogP) is 4.96. The van der Waals surface area contributed by atoms with Gasteiger partial charge in [0.2, 0.25) is 0 Å². The number of alkyl halides is 1. The van der Waals surface area contributed by atoms with Crippen molar-refractivity contribution < 1.29 is 9.13 Å². The summed E-state index contributed by atoms with van der Waals surface area (Å²) >= 11 is 3.80. The molecule has 1 aliphatic carbocycles. The highest BCUT2D eigenvalue weighted by Crippen LogP contribution is 2.47. The number of likely N-dealkylation sites (tertiary alicyclic amines) is 1. The Morgan fingerprint density at radius 1 is 1.07 bits per heavy atom. The summed E-state index contributed by atoms with van der Waals surface area (Å²) in [6, 6.07) is 13.8. The third-order valence-electron chi connectivity index (χ3n) is 9.10. The molecule has 0 amide bonds. The standard InChI is InChI=1S/C31H38BrFN6O/c1-21-16-39(15-12-34-21)29-24-9-14-38(27-7-3-5-22-4-2-6-25(32)28(22)27)18-26(24)35-30(36-29)40-20-31(10-11-31)19-37-13-8-23(33)17-37/h2-7,21,23,34H,8-20H2,1H3/t21-,23-/m1/s1. The Morgan fingerprint density at radius 2 is 1.93 bits per heavy atom. The Morgan fingerprint density at radius 3 is 2.70 bits per heavy atom. The SMILES string of the molecule is C[C@@H]1CN(c2nc(OCC3(CN4CC[C@@H](F)C4)CC3)nc3c2CCN(c2cccc4cccc(Br)c24)C3)CCN1. The van der Waals surface area contributed by atoms with E-state index in [9.17, 15) is 4.39 Å². The van der Waals surface area contributed by atoms with Gasteiger partial charge < -0.3 is 19.9 Å². The van der Waals surface area contributed by atoms with E-state index in [0.29, 0.717) is 31.6 Å². The number of ether oxygens (including phenoxy) is 1. The van der Waals surface area contributed by atoms with Crippen molar-refractivity contribution in [1.82, 2.24) is 20.2 Å². The molecule has 0 radical (unpaired) electrons. The zero-order chi connectivity index (χ0) is 27.3. The van der Waals surface area contributed by atoms with Crippen LogP contribution in [-0.2, 0) is 13.0 Å². The van der Waals surface area contributed by atoms with Crippen LogP contribution < -0.4 is 19.9 Å². The summed E-state index contributed by atoms with van der Waals surface area (Å²) in [4.78, 5) is 17.2. The summed E-state index contributed by atoms with van der Waals surface area (Å²) in [7, 11) is 0. The molecule has 212 valence electrons. The zero-order valence-corrected chi connectivity index (χ0v) is 24.8. The molecule has 9 heteroatoms. The van der Waals surface area contributed by atoms with E-state index in [2.05, 4.69) is 79.3 Å². The molecule has 7 rings (SSSR count). The number of rotatable bonds is 7. The van der Waals surface area contributed by atoms with Crippen molar-refractivity contribution in [3.8, 4) is 6.01 Å². The van der Waals surface area contributed by atoms with Crippen molar-refractivity contribution in [2.24, 2.45) is 5.41 Å². The first kappa shape index (κ1) is 26.4. The molecule has 3 fully saturated rings. The van der Waals surface area contributed by atoms with Crippen molar-refractivity contribution >= 4 is 38.2 Å². The van der Waals surface area contributed by atoms with E-state index in [0.717, 1.165) is 81.1 Å². The summed E-state index contributed by atoms with van der Waals surface area (Å²) in [5.74, 6) is 1.04. The molecule has 1 aromatic heterocycles. The van der Waals surface area contributed by atoms with Gasteiger partial charge in [-0.15, -0.1) is 0 Å². The maximum Gasteiger partial charge on any atom is 0.318 e. The number of halogens is 2. The maximum absolute atomic E-state index is 13.8. The Bertz CT molecular complexity index is 1390. The summed E-state index contributed by atoms with van der Waals surface area (Å²) in [5, 5.41) is 6.03. The molecule has 3 aromatic rings. The summed E-state index contributed by atoms with van der Waals surface area (Å²) in [5.41, 5.74) is 3.65. The first-order valence-corrected chi connectivity index (χ1v) is 15.6. The van der Waals surface area contributed by atoms with Crippen molar-refractivity contribution in [3.63, 3.8) is 0 Å². The Labute approximate surface area is 244 Å². The van der Waals surface area contributed by atoms with Gasteiger partial charge >= 0.3 is 6.01 Å². The number of nitrogens with one attached hydrogen (secondary N) is 1. The molecule has 7 nitrogen and oxygen atoms in total. The minimum absolute atomic E-state index is 0.105. The fourth-order valence-corrected chi connectivity index (χ4v) is 7.32. The summed E-state index contributed by atoms with van der Waals surface area (Å²) in [6.07, 6.45) is 3.11. The van der Waals surface area contributed by atoms with Crippen LogP contribution in [0.5, 0.6) is 6.01 Å². The van der Waals surface area contributed by atoms with Gasteiger partial charge in [0, 0.05) is 78.4 Å². The van der Waals surface area contributed by atoms with Crippen LogP contribution in [0.4, 0.5) is 15.9 Å². The zero-order valence-electron chi connectivity index (χ0n) is 23.2. The van der Waals surface area contributed by atoms with Crippen LogP contribution in [0.1, 0.15) is 37.4 Å². The van der Waals surface area contributed by atoms with Crippen LogP contribution in [0, 0.1) is 5.41 Å². The third kappa shape index (κ3) is 5.28. The summed E-state index contributed by atoms with van der Waals surface area (Å²) in [6.45, 7) is 9.57. The highest BCUT2D eigenvalue weighted by atomic mass is 79.9. The minimum atomic E-state index is -0.685. The van der Waals surface area contributed by atoms with Crippen LogP contribution in [-0.4, -0.2) is 79.5 Å². The molecule has 2 atom stereocenters. The number of benzene rings is 2. The van der Waals surface area contributed by atoms with Gasteiger partial charge in [-0.3, -0.25) is 4.90 Å². The second-order valence-corrected chi connectivity index (χ2v) is 13.1. The monoisotopic (exact) mass is 608 g/mol. The Balaban J connectivity index is 1.17. The average Bonchev–Trinajstić information content (AvgIpc) is 3.61. The normalized spacial score (nSPS) is 24.4. The molecule has 0 unspecified atom stereocenters. The lowest BCUT2D eigenvalue weighted by atomic mass is 10.0. The number of aromatic nitrogens is 2. The minimum Gasteiger partial charge on any atom is -0.463 e. The second kappa shape index (κ2) is 10.7. The van der Waals surface area contributed by atoms with E-state index in [1.807, 2.05) is 0 Å². The number of hydrogen-bond donors (Lipinski definition) is 1. The van der Waals surface area contributed by atoms with Gasteiger partial charge in [0.05, 0.1) is 18.8 Å². The van der Waals surface area contributed by atoms with Crippen molar-refractivity contribution in [2.45, 2.75) is 51.4 Å². The Hall–Kier alpha value is -2.49. The molecule has 3 aliphatic heterocycles. The highest BCUT2D eigenvalue weighted by molar-refractivity contribution is 9.10. The van der Waals surface area contributed by atoms with Crippen LogP contribution in [0.2, 0.25) is 0 Å². The fourth-order valence-electron chi connectivity index (χ4n) is 6.73. The van der Waals surface area contributed by atoms with Gasteiger partial charge in [-0.2, -0.15) is 9.97 Å². The molecule has 4 aliphatic rings. The number of anilines is 2. The smallest absolute Gasteiger partial charge is 0.318 e. The van der Waals surface area contributed by atoms with E-state index in [4.69, 9.17) is 14.7 Å². The van der Waals surface area contributed by atoms with E-state index in [1.54, 1.807) is 0 Å². The number of nitrogens with zero attached hydrogens (tertiary/aromatic N) is 5. The Kier molecular flexibility index (Phi) is 7.08. The van der Waals surface area contributed by atoms with Crippen molar-refractivity contribution in [3.05, 3.63) is 52.1 Å². The van der Waals surface area contributed by atoms with Gasteiger partial charge in [0.25, 0.3) is 0 Å². The molecule has 2 aromatic carbocycles. The summed E-state index contributed by atoms with van der Waals surface area (Å²) < 4.78 is 21.3. The second-order valence-electron chi connectivity index (χ2n) is 12.3. The van der Waals surface area contributed by atoms with Gasteiger partial charge in [0.1, 0.15) is 12.0 Å². The van der Waals surface area contributed by atoms with Crippen molar-refractivity contribution in [2.75, 3.05) is 62.2 Å². The number of fused-ring (bicyclic) bond motifs is 2. The highest BCUT2D eigenvalue weighted by Gasteiger charge is 2.46. The van der Waals surface area contributed by atoms with E-state index < -0.39 is 6.17 Å². The molecule has 0 spiro atoms. The molecule has 4 heterocycles. The van der Waals surface area contributed by atoms with Crippen LogP contribution in [0.25, 0.3) is 10.8 Å². The quantitative estimate of drug-likeness (QED) is 0.407. The van der Waals surface area contributed by atoms with Crippen LogP contribution >= 0.6 is 15.9 Å². The van der Waals surface area contributed by atoms with Gasteiger partial charge in [-0.05, 0) is 50.1 Å². The van der Waals surface area contributed by atoms with E-state index in [1.165, 1.54) is 22.0 Å². The van der Waals surface area contributed by atoms with E-state index >= 15 is 0 Å². The lowest BCUT2D eigenvalue weighted by Gasteiger charge is -2.37. The largest absolute Gasteiger partial charge is 0.463 e. The van der Waals surface area contributed by atoms with Crippen LogP contribution in [0.15, 0.2) is 40.9 Å². The first-order valence-electron chi connectivity index (χ1n) is 14.8. The molecule has 1 N–H and O–H groups in total.